The summed E-state index contributed by atoms with van der Waals surface area (Å²) in [5.41, 5.74) is 8.82. The molecule has 0 unspecified atom stereocenters. The topological polar surface area (TPSA) is 3.24 Å². The molecule has 0 amide bonds. The Morgan fingerprint density at radius 2 is 0.750 bits per heavy atom. The molecule has 10 aromatic rings. The highest BCUT2D eigenvalue weighted by molar-refractivity contribution is 6.12. The third kappa shape index (κ3) is 6.45. The molecule has 0 saturated carbocycles. The third-order valence-electron chi connectivity index (χ3n) is 13.0. The number of fused-ring (bicyclic) bond motifs is 9. The van der Waals surface area contributed by atoms with Gasteiger partial charge in [-0.3, -0.25) is 4.90 Å². The van der Waals surface area contributed by atoms with Gasteiger partial charge < -0.3 is 0 Å². The zero-order valence-corrected chi connectivity index (χ0v) is 34.6. The van der Waals surface area contributed by atoms with Crippen LogP contribution in [0.15, 0.2) is 158 Å². The molecular formula is C57H37F6N. The first-order chi connectivity index (χ1) is 31.2. The molecule has 1 nitrogen and oxygen atoms in total. The summed E-state index contributed by atoms with van der Waals surface area (Å²) in [5.74, 6) is -8.34. The van der Waals surface area contributed by atoms with Crippen molar-refractivity contribution in [2.24, 2.45) is 0 Å². The summed E-state index contributed by atoms with van der Waals surface area (Å²) in [6.45, 7) is 3.05. The van der Waals surface area contributed by atoms with Gasteiger partial charge in [-0.15, -0.1) is 0 Å². The van der Waals surface area contributed by atoms with E-state index in [4.69, 9.17) is 0 Å². The highest BCUT2D eigenvalue weighted by Crippen LogP contribution is 2.50. The van der Waals surface area contributed by atoms with Crippen LogP contribution < -0.4 is 0 Å². The third-order valence-corrected chi connectivity index (χ3v) is 13.0. The summed E-state index contributed by atoms with van der Waals surface area (Å²) < 4.78 is 90.5. The zero-order chi connectivity index (χ0) is 43.8. The molecule has 1 heterocycles. The van der Waals surface area contributed by atoms with E-state index < -0.39 is 34.9 Å². The lowest BCUT2D eigenvalue weighted by Crippen LogP contribution is -2.22. The Kier molecular flexibility index (Phi) is 9.62. The number of hydrogen-bond acceptors (Lipinski definition) is 1. The van der Waals surface area contributed by atoms with Crippen LogP contribution in [0.2, 0.25) is 0 Å². The first kappa shape index (κ1) is 39.6. The predicted octanol–water partition coefficient (Wildman–Crippen LogP) is 15.9. The number of halogens is 6. The molecule has 7 heteroatoms. The molecular weight excluding hydrogens is 813 g/mol. The molecule has 0 N–H and O–H groups in total. The van der Waals surface area contributed by atoms with Crippen LogP contribution in [0.4, 0.5) is 26.3 Å². The molecule has 11 rings (SSSR count). The lowest BCUT2D eigenvalue weighted by atomic mass is 9.82. The Morgan fingerprint density at radius 1 is 0.391 bits per heavy atom. The normalized spacial score (nSPS) is 12.9. The summed E-state index contributed by atoms with van der Waals surface area (Å²) in [6, 6.07) is 48.7. The Bertz CT molecular complexity index is 3360. The van der Waals surface area contributed by atoms with E-state index in [1.54, 1.807) is 0 Å². The van der Waals surface area contributed by atoms with Crippen molar-refractivity contribution in [1.29, 1.82) is 0 Å². The van der Waals surface area contributed by atoms with Crippen molar-refractivity contribution in [1.82, 2.24) is 4.90 Å². The summed E-state index contributed by atoms with van der Waals surface area (Å²) in [4.78, 5) is 2.25. The molecule has 0 radical (unpaired) electrons. The molecule has 0 atom stereocenters. The minimum atomic E-state index is -1.55. The first-order valence-corrected chi connectivity index (χ1v) is 21.3. The maximum absolute atomic E-state index is 15.3. The maximum Gasteiger partial charge on any atom is 0.194 e. The molecule has 0 bridgehead atoms. The maximum atomic E-state index is 15.3. The van der Waals surface area contributed by atoms with Gasteiger partial charge in [-0.05, 0) is 153 Å². The number of hydrogen-bond donors (Lipinski definition) is 0. The minimum Gasteiger partial charge on any atom is -0.290 e. The lowest BCUT2D eigenvalue weighted by molar-refractivity contribution is 0.252. The molecule has 0 fully saturated rings. The van der Waals surface area contributed by atoms with E-state index in [-0.39, 0.29) is 24.2 Å². The molecule has 10 aromatic carbocycles. The van der Waals surface area contributed by atoms with Gasteiger partial charge >= 0.3 is 0 Å². The van der Waals surface area contributed by atoms with Crippen LogP contribution in [0, 0.1) is 34.9 Å². The van der Waals surface area contributed by atoms with Gasteiger partial charge in [0.05, 0.1) is 0 Å². The van der Waals surface area contributed by atoms with Crippen molar-refractivity contribution in [3.8, 4) is 44.5 Å². The number of nitrogens with zero attached hydrogens (tertiary/aromatic N) is 1. The fourth-order valence-electron chi connectivity index (χ4n) is 10.1. The van der Waals surface area contributed by atoms with Crippen LogP contribution in [0.25, 0.3) is 87.6 Å². The van der Waals surface area contributed by atoms with Crippen LogP contribution >= 0.6 is 0 Å². The quantitative estimate of drug-likeness (QED) is 0.119. The molecule has 1 aliphatic heterocycles. The first-order valence-electron chi connectivity index (χ1n) is 21.3. The largest absolute Gasteiger partial charge is 0.290 e. The second-order valence-electron chi connectivity index (χ2n) is 16.6. The predicted molar refractivity (Wildman–Crippen MR) is 247 cm³/mol. The Hall–Kier alpha value is -7.22. The van der Waals surface area contributed by atoms with Gasteiger partial charge in [0, 0.05) is 19.6 Å². The standard InChI is InChI=1S/C57H37F6N/c1-2-32-19-20-33-11-3-7-15-40(33)52(32)53-37(22-21-34-12-4-8-16-41(34)53)29-64-30-46-44(38-25-48(58)56(62)49(59)26-38)23-35-13-5-9-17-42(35)54(46)55-43-18-10-6-14-36(43)24-45(47(55)31-64)39-27-50(60)57(63)51(61)28-39/h3-28H,2,29-31H2,1H3. The lowest BCUT2D eigenvalue weighted by Gasteiger charge is -2.26. The summed E-state index contributed by atoms with van der Waals surface area (Å²) >= 11 is 0. The van der Waals surface area contributed by atoms with Crippen molar-refractivity contribution in [2.75, 3.05) is 0 Å². The van der Waals surface area contributed by atoms with Gasteiger partial charge in [0.2, 0.25) is 0 Å². The Morgan fingerprint density at radius 3 is 1.17 bits per heavy atom. The number of rotatable bonds is 6. The average molecular weight is 850 g/mol. The van der Waals surface area contributed by atoms with E-state index in [1.807, 2.05) is 78.9 Å². The van der Waals surface area contributed by atoms with Gasteiger partial charge in [-0.1, -0.05) is 128 Å². The van der Waals surface area contributed by atoms with E-state index in [9.17, 15) is 8.78 Å². The minimum absolute atomic E-state index is 0.166. The molecule has 0 saturated heterocycles. The second kappa shape index (κ2) is 15.5. The van der Waals surface area contributed by atoms with E-state index in [1.165, 1.54) is 5.56 Å². The van der Waals surface area contributed by atoms with Gasteiger partial charge in [0.1, 0.15) is 0 Å². The van der Waals surface area contributed by atoms with Crippen LogP contribution in [0.3, 0.4) is 0 Å². The van der Waals surface area contributed by atoms with Gasteiger partial charge in [0.15, 0.2) is 34.9 Å². The van der Waals surface area contributed by atoms with Crippen LogP contribution in [0.5, 0.6) is 0 Å². The van der Waals surface area contributed by atoms with E-state index in [0.717, 1.165) is 113 Å². The van der Waals surface area contributed by atoms with E-state index in [2.05, 4.69) is 66.4 Å². The van der Waals surface area contributed by atoms with E-state index in [0.29, 0.717) is 17.7 Å². The van der Waals surface area contributed by atoms with Gasteiger partial charge in [-0.25, -0.2) is 26.3 Å². The van der Waals surface area contributed by atoms with E-state index >= 15 is 17.6 Å². The van der Waals surface area contributed by atoms with Gasteiger partial charge in [-0.2, -0.15) is 0 Å². The Balaban J connectivity index is 1.24. The zero-order valence-electron chi connectivity index (χ0n) is 34.6. The summed E-state index contributed by atoms with van der Waals surface area (Å²) in [5, 5.41) is 7.62. The monoisotopic (exact) mass is 849 g/mol. The van der Waals surface area contributed by atoms with Gasteiger partial charge in [0.25, 0.3) is 0 Å². The van der Waals surface area contributed by atoms with Crippen molar-refractivity contribution in [3.05, 3.63) is 215 Å². The highest BCUT2D eigenvalue weighted by atomic mass is 19.2. The fourth-order valence-corrected chi connectivity index (χ4v) is 10.1. The average Bonchev–Trinajstić information content (AvgIpc) is 3.49. The van der Waals surface area contributed by atoms with Crippen molar-refractivity contribution < 1.29 is 26.3 Å². The molecule has 312 valence electrons. The molecule has 64 heavy (non-hydrogen) atoms. The fraction of sp³-hybridized carbons (Fsp3) is 0.0877. The summed E-state index contributed by atoms with van der Waals surface area (Å²) in [6.07, 6.45) is 0.787. The van der Waals surface area contributed by atoms with Crippen molar-refractivity contribution in [2.45, 2.75) is 33.0 Å². The molecule has 0 aliphatic carbocycles. The van der Waals surface area contributed by atoms with Crippen LogP contribution in [0.1, 0.15) is 29.2 Å². The molecule has 0 spiro atoms. The smallest absolute Gasteiger partial charge is 0.194 e. The number of benzene rings is 10. The summed E-state index contributed by atoms with van der Waals surface area (Å²) in [7, 11) is 0. The van der Waals surface area contributed by atoms with Crippen molar-refractivity contribution in [3.63, 3.8) is 0 Å². The van der Waals surface area contributed by atoms with Crippen molar-refractivity contribution >= 4 is 43.1 Å². The number of aryl methyl sites for hydroxylation is 1. The molecule has 0 aromatic heterocycles. The van der Waals surface area contributed by atoms with Crippen LogP contribution in [-0.4, -0.2) is 4.90 Å². The second-order valence-corrected chi connectivity index (χ2v) is 16.6. The molecule has 1 aliphatic rings. The highest BCUT2D eigenvalue weighted by Gasteiger charge is 2.31. The Labute approximate surface area is 365 Å². The SMILES string of the molecule is CCc1ccc2ccccc2c1-c1c(CN2Cc3c(-c4cc(F)c(F)c(F)c4)cc4ccccc4c3-c3c(c(-c4cc(F)c(F)c(F)c4)cc4ccccc34)C2)ccc2ccccc12. The van der Waals surface area contributed by atoms with Crippen LogP contribution in [-0.2, 0) is 26.1 Å².